The summed E-state index contributed by atoms with van der Waals surface area (Å²) in [5, 5.41) is 8.69. The molecule has 0 saturated carbocycles. The SMILES string of the molecule is Cc1ccccc1Cn1cc(COC(=O)COc2cc(=O)oc3ccccc23)nn1. The van der Waals surface area contributed by atoms with E-state index in [1.54, 1.807) is 35.1 Å². The van der Waals surface area contributed by atoms with Crippen molar-refractivity contribution in [1.82, 2.24) is 15.0 Å². The maximum Gasteiger partial charge on any atom is 0.344 e. The van der Waals surface area contributed by atoms with Crippen molar-refractivity contribution < 1.29 is 18.7 Å². The van der Waals surface area contributed by atoms with Crippen molar-refractivity contribution in [3.05, 3.63) is 88.0 Å². The lowest BCUT2D eigenvalue weighted by Gasteiger charge is -2.08. The molecule has 0 aliphatic heterocycles. The number of esters is 1. The molecule has 0 bridgehead atoms. The minimum atomic E-state index is -0.583. The molecule has 8 heteroatoms. The van der Waals surface area contributed by atoms with Crippen LogP contribution in [0, 0.1) is 6.92 Å². The van der Waals surface area contributed by atoms with Crippen molar-refractivity contribution in [3.8, 4) is 5.75 Å². The molecule has 2 aromatic carbocycles. The smallest absolute Gasteiger partial charge is 0.344 e. The van der Waals surface area contributed by atoms with Gasteiger partial charge in [0.2, 0.25) is 0 Å². The number of benzene rings is 2. The molecule has 2 aromatic heterocycles. The van der Waals surface area contributed by atoms with Crippen LogP contribution in [0.5, 0.6) is 5.75 Å². The summed E-state index contributed by atoms with van der Waals surface area (Å²) in [6.07, 6.45) is 1.73. The van der Waals surface area contributed by atoms with E-state index in [1.165, 1.54) is 11.6 Å². The predicted molar refractivity (Wildman–Crippen MR) is 108 cm³/mol. The van der Waals surface area contributed by atoms with E-state index in [1.807, 2.05) is 31.2 Å². The third-order valence-corrected chi connectivity index (χ3v) is 4.52. The molecule has 0 atom stereocenters. The number of para-hydroxylation sites is 1. The molecule has 2 heterocycles. The number of fused-ring (bicyclic) bond motifs is 1. The second kappa shape index (κ2) is 8.60. The lowest BCUT2D eigenvalue weighted by Crippen LogP contribution is -2.15. The molecular formula is C22H19N3O5. The Bertz CT molecular complexity index is 1240. The van der Waals surface area contributed by atoms with E-state index >= 15 is 0 Å². The normalized spacial score (nSPS) is 10.8. The highest BCUT2D eigenvalue weighted by molar-refractivity contribution is 5.83. The summed E-state index contributed by atoms with van der Waals surface area (Å²) < 4.78 is 17.5. The van der Waals surface area contributed by atoms with Crippen molar-refractivity contribution >= 4 is 16.9 Å². The maximum absolute atomic E-state index is 12.0. The Kier molecular flexibility index (Phi) is 5.56. The Labute approximate surface area is 171 Å². The molecule has 0 aliphatic rings. The largest absolute Gasteiger partial charge is 0.481 e. The van der Waals surface area contributed by atoms with Gasteiger partial charge in [0.1, 0.15) is 23.6 Å². The standard InChI is InChI=1S/C22H19N3O5/c1-15-6-2-3-7-16(15)11-25-12-17(23-24-25)13-29-22(27)14-28-20-10-21(26)30-19-9-5-4-8-18(19)20/h2-10,12H,11,13-14H2,1H3. The van der Waals surface area contributed by atoms with Gasteiger partial charge in [-0.25, -0.2) is 14.3 Å². The average Bonchev–Trinajstić information content (AvgIpc) is 3.19. The molecule has 30 heavy (non-hydrogen) atoms. The molecule has 8 nitrogen and oxygen atoms in total. The van der Waals surface area contributed by atoms with Crippen LogP contribution < -0.4 is 10.4 Å². The first-order valence-corrected chi connectivity index (χ1v) is 9.33. The van der Waals surface area contributed by atoms with Crippen LogP contribution in [0.4, 0.5) is 0 Å². The van der Waals surface area contributed by atoms with Crippen LogP contribution >= 0.6 is 0 Å². The van der Waals surface area contributed by atoms with Gasteiger partial charge in [-0.15, -0.1) is 5.10 Å². The Morgan fingerprint density at radius 1 is 1.13 bits per heavy atom. The highest BCUT2D eigenvalue weighted by Gasteiger charge is 2.11. The number of aromatic nitrogens is 3. The lowest BCUT2D eigenvalue weighted by molar-refractivity contribution is -0.147. The number of rotatable bonds is 7. The summed E-state index contributed by atoms with van der Waals surface area (Å²) in [6.45, 7) is 2.26. The molecular weight excluding hydrogens is 386 g/mol. The van der Waals surface area contributed by atoms with Crippen LogP contribution in [0.15, 0.2) is 70.0 Å². The van der Waals surface area contributed by atoms with Crippen LogP contribution in [-0.4, -0.2) is 27.6 Å². The number of carbonyl (C=O) groups is 1. The van der Waals surface area contributed by atoms with Gasteiger partial charge < -0.3 is 13.9 Å². The topological polar surface area (TPSA) is 96.5 Å². The van der Waals surface area contributed by atoms with Gasteiger partial charge in [-0.1, -0.05) is 41.6 Å². The average molecular weight is 405 g/mol. The van der Waals surface area contributed by atoms with E-state index < -0.39 is 11.6 Å². The number of hydrogen-bond acceptors (Lipinski definition) is 7. The molecule has 4 rings (SSSR count). The van der Waals surface area contributed by atoms with E-state index in [2.05, 4.69) is 10.3 Å². The number of ether oxygens (including phenoxy) is 2. The summed E-state index contributed by atoms with van der Waals surface area (Å²) in [6, 6.07) is 16.2. The summed E-state index contributed by atoms with van der Waals surface area (Å²) in [5.74, 6) is -0.316. The van der Waals surface area contributed by atoms with Crippen molar-refractivity contribution in [2.45, 2.75) is 20.1 Å². The van der Waals surface area contributed by atoms with Crippen molar-refractivity contribution in [2.24, 2.45) is 0 Å². The Morgan fingerprint density at radius 2 is 1.93 bits per heavy atom. The first-order chi connectivity index (χ1) is 14.6. The van der Waals surface area contributed by atoms with Crippen LogP contribution in [-0.2, 0) is 22.7 Å². The van der Waals surface area contributed by atoms with Gasteiger partial charge in [-0.3, -0.25) is 0 Å². The van der Waals surface area contributed by atoms with Gasteiger partial charge in [0.15, 0.2) is 6.61 Å². The van der Waals surface area contributed by atoms with E-state index in [0.29, 0.717) is 23.2 Å². The molecule has 0 fully saturated rings. The van der Waals surface area contributed by atoms with Gasteiger partial charge in [0, 0.05) is 0 Å². The number of nitrogens with zero attached hydrogens (tertiary/aromatic N) is 3. The monoisotopic (exact) mass is 405 g/mol. The van der Waals surface area contributed by atoms with E-state index in [-0.39, 0.29) is 19.0 Å². The Balaban J connectivity index is 1.32. The summed E-state index contributed by atoms with van der Waals surface area (Å²) in [4.78, 5) is 23.7. The minimum absolute atomic E-state index is 0.0202. The molecule has 152 valence electrons. The van der Waals surface area contributed by atoms with Crippen molar-refractivity contribution in [2.75, 3.05) is 6.61 Å². The third kappa shape index (κ3) is 4.54. The van der Waals surface area contributed by atoms with Crippen LogP contribution in [0.2, 0.25) is 0 Å². The highest BCUT2D eigenvalue weighted by Crippen LogP contribution is 2.23. The molecule has 0 aliphatic carbocycles. The predicted octanol–water partition coefficient (Wildman–Crippen LogP) is 2.86. The zero-order valence-electron chi connectivity index (χ0n) is 16.3. The van der Waals surface area contributed by atoms with Gasteiger partial charge in [0.25, 0.3) is 0 Å². The Hall–Kier alpha value is -3.94. The number of hydrogen-bond donors (Lipinski definition) is 0. The molecule has 0 unspecified atom stereocenters. The van der Waals surface area contributed by atoms with Crippen molar-refractivity contribution in [1.29, 1.82) is 0 Å². The molecule has 0 N–H and O–H groups in total. The minimum Gasteiger partial charge on any atom is -0.481 e. The summed E-state index contributed by atoms with van der Waals surface area (Å²) in [7, 11) is 0. The van der Waals surface area contributed by atoms with Crippen LogP contribution in [0.25, 0.3) is 11.0 Å². The first kappa shape index (κ1) is 19.4. The van der Waals surface area contributed by atoms with Gasteiger partial charge >= 0.3 is 11.6 Å². The fourth-order valence-electron chi connectivity index (χ4n) is 2.98. The molecule has 0 radical (unpaired) electrons. The van der Waals surface area contributed by atoms with Gasteiger partial charge in [-0.2, -0.15) is 0 Å². The van der Waals surface area contributed by atoms with E-state index in [9.17, 15) is 9.59 Å². The van der Waals surface area contributed by atoms with Crippen LogP contribution in [0.3, 0.4) is 0 Å². The zero-order chi connectivity index (χ0) is 20.9. The number of aryl methyl sites for hydroxylation is 1. The van der Waals surface area contributed by atoms with Crippen LogP contribution in [0.1, 0.15) is 16.8 Å². The maximum atomic E-state index is 12.0. The fourth-order valence-corrected chi connectivity index (χ4v) is 2.98. The molecule has 0 spiro atoms. The first-order valence-electron chi connectivity index (χ1n) is 9.33. The second-order valence-corrected chi connectivity index (χ2v) is 6.71. The second-order valence-electron chi connectivity index (χ2n) is 6.71. The molecule has 4 aromatic rings. The zero-order valence-corrected chi connectivity index (χ0v) is 16.3. The lowest BCUT2D eigenvalue weighted by atomic mass is 10.1. The van der Waals surface area contributed by atoms with Gasteiger partial charge in [-0.05, 0) is 30.2 Å². The third-order valence-electron chi connectivity index (χ3n) is 4.52. The van der Waals surface area contributed by atoms with E-state index in [0.717, 1.165) is 5.56 Å². The summed E-state index contributed by atoms with van der Waals surface area (Å²) in [5.41, 5.74) is 2.67. The number of carbonyl (C=O) groups excluding carboxylic acids is 1. The summed E-state index contributed by atoms with van der Waals surface area (Å²) >= 11 is 0. The quantitative estimate of drug-likeness (QED) is 0.344. The molecule has 0 saturated heterocycles. The van der Waals surface area contributed by atoms with Gasteiger partial charge in [0.05, 0.1) is 24.2 Å². The van der Waals surface area contributed by atoms with Crippen molar-refractivity contribution in [3.63, 3.8) is 0 Å². The highest BCUT2D eigenvalue weighted by atomic mass is 16.6. The molecule has 0 amide bonds. The fraction of sp³-hybridized carbons (Fsp3) is 0.182. The van der Waals surface area contributed by atoms with E-state index in [4.69, 9.17) is 13.9 Å². The Morgan fingerprint density at radius 3 is 2.80 bits per heavy atom.